The third-order valence-corrected chi connectivity index (χ3v) is 1.58. The van der Waals surface area contributed by atoms with E-state index in [1.807, 2.05) is 20.8 Å². The van der Waals surface area contributed by atoms with E-state index in [1.165, 1.54) is 0 Å². The second-order valence-electron chi connectivity index (χ2n) is 2.80. The molecule has 1 saturated heterocycles. The Kier molecular flexibility index (Phi) is 3.91. The highest BCUT2D eigenvalue weighted by atomic mass is 16.3. The first kappa shape index (κ1) is 9.92. The van der Waals surface area contributed by atoms with Gasteiger partial charge >= 0.3 is 0 Å². The third-order valence-electron chi connectivity index (χ3n) is 1.58. The van der Waals surface area contributed by atoms with Gasteiger partial charge in [-0.15, -0.1) is 0 Å². The summed E-state index contributed by atoms with van der Waals surface area (Å²) in [5, 5.41) is 9.17. The Morgan fingerprint density at radius 3 is 1.90 bits per heavy atom. The monoisotopic (exact) mass is 145 g/mol. The van der Waals surface area contributed by atoms with Crippen LogP contribution in [0.5, 0.6) is 0 Å². The predicted molar refractivity (Wildman–Crippen MR) is 44.1 cm³/mol. The van der Waals surface area contributed by atoms with Crippen molar-refractivity contribution in [3.63, 3.8) is 0 Å². The van der Waals surface area contributed by atoms with E-state index in [-0.39, 0.29) is 5.60 Å². The maximum Gasteiger partial charge on any atom is 0.0872 e. The molecule has 62 valence electrons. The van der Waals surface area contributed by atoms with Crippen LogP contribution >= 0.6 is 0 Å². The van der Waals surface area contributed by atoms with Crippen LogP contribution < -0.4 is 0 Å². The average Bonchev–Trinajstić information content (AvgIpc) is 1.87. The first-order valence-electron chi connectivity index (χ1n) is 4.09. The van der Waals surface area contributed by atoms with Crippen molar-refractivity contribution in [2.24, 2.45) is 0 Å². The summed E-state index contributed by atoms with van der Waals surface area (Å²) < 4.78 is 0. The van der Waals surface area contributed by atoms with Crippen LogP contribution in [0.25, 0.3) is 0 Å². The average molecular weight is 145 g/mol. The van der Waals surface area contributed by atoms with Gasteiger partial charge < -0.3 is 5.11 Å². The van der Waals surface area contributed by atoms with E-state index < -0.39 is 0 Å². The second kappa shape index (κ2) is 3.94. The number of nitrogens with zero attached hydrogens (tertiary/aromatic N) is 1. The highest BCUT2D eigenvalue weighted by molar-refractivity contribution is 4.90. The molecule has 0 aromatic heterocycles. The van der Waals surface area contributed by atoms with Gasteiger partial charge in [0.1, 0.15) is 0 Å². The summed E-state index contributed by atoms with van der Waals surface area (Å²) in [6.45, 7) is 10.7. The molecule has 1 fully saturated rings. The molecular formula is C8H19NO. The van der Waals surface area contributed by atoms with Crippen LogP contribution in [0.3, 0.4) is 0 Å². The fourth-order valence-electron chi connectivity index (χ4n) is 1.14. The van der Waals surface area contributed by atoms with E-state index in [0.29, 0.717) is 0 Å². The molecule has 1 aliphatic heterocycles. The third kappa shape index (κ3) is 2.67. The highest BCUT2D eigenvalue weighted by Gasteiger charge is 2.34. The molecule has 1 heterocycles. The normalized spacial score (nSPS) is 22.5. The lowest BCUT2D eigenvalue weighted by atomic mass is 9.97. The lowest BCUT2D eigenvalue weighted by molar-refractivity contribution is -0.0806. The zero-order valence-corrected chi connectivity index (χ0v) is 7.52. The highest BCUT2D eigenvalue weighted by Crippen LogP contribution is 2.18. The van der Waals surface area contributed by atoms with Crippen LogP contribution in [-0.4, -0.2) is 35.2 Å². The molecule has 0 unspecified atom stereocenters. The van der Waals surface area contributed by atoms with Gasteiger partial charge in [-0.2, -0.15) is 0 Å². The van der Waals surface area contributed by atoms with Gasteiger partial charge in [0.2, 0.25) is 0 Å². The van der Waals surface area contributed by atoms with Crippen LogP contribution in [0.2, 0.25) is 0 Å². The lowest BCUT2D eigenvalue weighted by Gasteiger charge is -2.43. The molecule has 2 nitrogen and oxygen atoms in total. The second-order valence-corrected chi connectivity index (χ2v) is 2.80. The number of aliphatic hydroxyl groups is 1. The number of hydrogen-bond donors (Lipinski definition) is 1. The maximum atomic E-state index is 9.17. The van der Waals surface area contributed by atoms with Crippen LogP contribution in [0.15, 0.2) is 0 Å². The van der Waals surface area contributed by atoms with Gasteiger partial charge in [-0.1, -0.05) is 20.8 Å². The smallest absolute Gasteiger partial charge is 0.0872 e. The van der Waals surface area contributed by atoms with Gasteiger partial charge in [0, 0.05) is 13.1 Å². The van der Waals surface area contributed by atoms with Gasteiger partial charge in [-0.05, 0) is 13.5 Å². The van der Waals surface area contributed by atoms with Gasteiger partial charge in [-0.25, -0.2) is 0 Å². The lowest BCUT2D eigenvalue weighted by Crippen LogP contribution is -2.59. The van der Waals surface area contributed by atoms with E-state index in [9.17, 15) is 5.11 Å². The number of rotatable bonds is 1. The molecule has 0 aromatic rings. The largest absolute Gasteiger partial charge is 0.388 e. The van der Waals surface area contributed by atoms with Crippen molar-refractivity contribution in [1.82, 2.24) is 4.90 Å². The molecule has 0 atom stereocenters. The molecule has 0 saturated carbocycles. The van der Waals surface area contributed by atoms with Crippen molar-refractivity contribution < 1.29 is 5.11 Å². The van der Waals surface area contributed by atoms with Gasteiger partial charge in [0.15, 0.2) is 0 Å². The summed E-state index contributed by atoms with van der Waals surface area (Å²) >= 11 is 0. The molecule has 0 aliphatic carbocycles. The Balaban J connectivity index is 0.000000371. The molecule has 1 N–H and O–H groups in total. The predicted octanol–water partition coefficient (Wildman–Crippen LogP) is 1.10. The van der Waals surface area contributed by atoms with Gasteiger partial charge in [-0.3, -0.25) is 4.90 Å². The summed E-state index contributed by atoms with van der Waals surface area (Å²) in [4.78, 5) is 2.21. The van der Waals surface area contributed by atoms with Crippen molar-refractivity contribution in [2.45, 2.75) is 33.3 Å². The van der Waals surface area contributed by atoms with E-state index in [4.69, 9.17) is 0 Å². The first-order valence-corrected chi connectivity index (χ1v) is 4.09. The van der Waals surface area contributed by atoms with E-state index >= 15 is 0 Å². The van der Waals surface area contributed by atoms with Crippen LogP contribution in [0, 0.1) is 0 Å². The number of hydrogen-bond acceptors (Lipinski definition) is 2. The fourth-order valence-corrected chi connectivity index (χ4v) is 1.14. The molecule has 0 radical (unpaired) electrons. The molecule has 0 spiro atoms. The standard InChI is InChI=1S/C6H13NO.C2H6/c1-3-7-4-6(2,8)5-7;1-2/h8H,3-5H2,1-2H3;1-2H3. The van der Waals surface area contributed by atoms with Crippen LogP contribution in [0.4, 0.5) is 0 Å². The number of likely N-dealkylation sites (N-methyl/N-ethyl adjacent to an activating group) is 1. The minimum absolute atomic E-state index is 0.379. The molecule has 0 amide bonds. The quantitative estimate of drug-likeness (QED) is 0.597. The Hall–Kier alpha value is -0.0800. The molecule has 0 aromatic carbocycles. The van der Waals surface area contributed by atoms with Gasteiger partial charge in [0.25, 0.3) is 0 Å². The molecule has 1 aliphatic rings. The first-order chi connectivity index (χ1) is 4.64. The van der Waals surface area contributed by atoms with Crippen molar-refractivity contribution in [1.29, 1.82) is 0 Å². The van der Waals surface area contributed by atoms with E-state index in [1.54, 1.807) is 0 Å². The Labute approximate surface area is 63.8 Å². The Bertz CT molecular complexity index is 83.3. The maximum absolute atomic E-state index is 9.17. The molecule has 0 bridgehead atoms. The topological polar surface area (TPSA) is 23.5 Å². The minimum atomic E-state index is -0.379. The zero-order chi connectivity index (χ0) is 8.20. The molecule has 10 heavy (non-hydrogen) atoms. The summed E-state index contributed by atoms with van der Waals surface area (Å²) in [6, 6.07) is 0. The van der Waals surface area contributed by atoms with Crippen LogP contribution in [-0.2, 0) is 0 Å². The number of likely N-dealkylation sites (tertiary alicyclic amines) is 1. The van der Waals surface area contributed by atoms with E-state index in [0.717, 1.165) is 19.6 Å². The van der Waals surface area contributed by atoms with Crippen molar-refractivity contribution >= 4 is 0 Å². The summed E-state index contributed by atoms with van der Waals surface area (Å²) in [6.07, 6.45) is 0. The SMILES string of the molecule is CC.CCN1CC(C)(O)C1. The Morgan fingerprint density at radius 2 is 1.80 bits per heavy atom. The molecule has 1 rings (SSSR count). The summed E-state index contributed by atoms with van der Waals surface area (Å²) in [5.74, 6) is 0. The van der Waals surface area contributed by atoms with Gasteiger partial charge in [0.05, 0.1) is 5.60 Å². The fraction of sp³-hybridized carbons (Fsp3) is 1.00. The molecular weight excluding hydrogens is 126 g/mol. The van der Waals surface area contributed by atoms with Crippen molar-refractivity contribution in [3.8, 4) is 0 Å². The van der Waals surface area contributed by atoms with E-state index in [2.05, 4.69) is 11.8 Å². The van der Waals surface area contributed by atoms with Crippen LogP contribution in [0.1, 0.15) is 27.7 Å². The minimum Gasteiger partial charge on any atom is -0.388 e. The zero-order valence-electron chi connectivity index (χ0n) is 7.52. The van der Waals surface area contributed by atoms with Crippen molar-refractivity contribution in [2.75, 3.05) is 19.6 Å². The Morgan fingerprint density at radius 1 is 1.40 bits per heavy atom. The molecule has 2 heteroatoms. The number of β-amino-alcohol motifs (C(OH)–C–C–N with tert-alkyl or cyclic N) is 1. The van der Waals surface area contributed by atoms with Crippen molar-refractivity contribution in [3.05, 3.63) is 0 Å². The summed E-state index contributed by atoms with van der Waals surface area (Å²) in [5.41, 5.74) is -0.379. The summed E-state index contributed by atoms with van der Waals surface area (Å²) in [7, 11) is 0.